The number of benzene rings is 2. The zero-order chi connectivity index (χ0) is 18.5. The molecule has 0 radical (unpaired) electrons. The second-order valence-electron chi connectivity index (χ2n) is 6.07. The summed E-state index contributed by atoms with van der Waals surface area (Å²) in [5.41, 5.74) is 1.80. The molecule has 0 bridgehead atoms. The molecule has 1 aliphatic rings. The van der Waals surface area contributed by atoms with Crippen molar-refractivity contribution in [3.8, 4) is 0 Å². The lowest BCUT2D eigenvalue weighted by atomic mass is 10.1. The molecule has 0 spiro atoms. The van der Waals surface area contributed by atoms with Gasteiger partial charge in [0, 0.05) is 24.1 Å². The van der Waals surface area contributed by atoms with Gasteiger partial charge in [0.2, 0.25) is 5.91 Å². The van der Waals surface area contributed by atoms with Crippen LogP contribution >= 0.6 is 11.8 Å². The summed E-state index contributed by atoms with van der Waals surface area (Å²) in [5.74, 6) is 0.444. The number of thioether (sulfide) groups is 1. The Morgan fingerprint density at radius 1 is 0.962 bits per heavy atom. The van der Waals surface area contributed by atoms with Crippen molar-refractivity contribution in [2.45, 2.75) is 24.7 Å². The number of hydrogen-bond acceptors (Lipinski definition) is 4. The SMILES string of the molecule is CC(=O)Nc1ccc(SCCCCN2C(=O)c3ccccc3C2=O)cc1. The van der Waals surface area contributed by atoms with Crippen LogP contribution in [0.1, 0.15) is 40.5 Å². The quantitative estimate of drug-likeness (QED) is 0.458. The van der Waals surface area contributed by atoms with Crippen molar-refractivity contribution < 1.29 is 14.4 Å². The van der Waals surface area contributed by atoms with Gasteiger partial charge in [-0.2, -0.15) is 0 Å². The Kier molecular flexibility index (Phi) is 5.73. The molecule has 6 heteroatoms. The molecule has 5 nitrogen and oxygen atoms in total. The summed E-state index contributed by atoms with van der Waals surface area (Å²) in [6, 6.07) is 14.7. The van der Waals surface area contributed by atoms with Crippen molar-refractivity contribution in [2.75, 3.05) is 17.6 Å². The van der Waals surface area contributed by atoms with Gasteiger partial charge in [0.05, 0.1) is 11.1 Å². The number of amides is 3. The van der Waals surface area contributed by atoms with E-state index in [1.807, 2.05) is 24.3 Å². The second-order valence-corrected chi connectivity index (χ2v) is 7.24. The molecule has 1 aliphatic heterocycles. The Morgan fingerprint density at radius 2 is 1.58 bits per heavy atom. The molecule has 0 saturated heterocycles. The van der Waals surface area contributed by atoms with E-state index in [1.54, 1.807) is 36.0 Å². The summed E-state index contributed by atoms with van der Waals surface area (Å²) >= 11 is 1.72. The highest BCUT2D eigenvalue weighted by molar-refractivity contribution is 7.99. The van der Waals surface area contributed by atoms with Gasteiger partial charge in [0.15, 0.2) is 0 Å². The fraction of sp³-hybridized carbons (Fsp3) is 0.250. The number of hydrogen-bond donors (Lipinski definition) is 1. The summed E-state index contributed by atoms with van der Waals surface area (Å²) in [5, 5.41) is 2.74. The topological polar surface area (TPSA) is 66.5 Å². The molecule has 0 unspecified atom stereocenters. The lowest BCUT2D eigenvalue weighted by molar-refractivity contribution is -0.114. The third kappa shape index (κ3) is 4.14. The largest absolute Gasteiger partial charge is 0.326 e. The van der Waals surface area contributed by atoms with Crippen LogP contribution in [0.25, 0.3) is 0 Å². The number of carbonyl (C=O) groups excluding carboxylic acids is 3. The maximum Gasteiger partial charge on any atom is 0.261 e. The molecule has 0 fully saturated rings. The maximum atomic E-state index is 12.3. The average molecular weight is 368 g/mol. The van der Waals surface area contributed by atoms with Crippen LogP contribution in [-0.4, -0.2) is 34.9 Å². The van der Waals surface area contributed by atoms with Crippen molar-refractivity contribution in [1.82, 2.24) is 4.90 Å². The molecule has 1 N–H and O–H groups in total. The van der Waals surface area contributed by atoms with E-state index < -0.39 is 0 Å². The first-order valence-electron chi connectivity index (χ1n) is 8.52. The summed E-state index contributed by atoms with van der Waals surface area (Å²) in [6.45, 7) is 1.94. The van der Waals surface area contributed by atoms with Crippen LogP contribution < -0.4 is 5.32 Å². The van der Waals surface area contributed by atoms with E-state index in [0.717, 1.165) is 29.2 Å². The van der Waals surface area contributed by atoms with Crippen molar-refractivity contribution in [2.24, 2.45) is 0 Å². The van der Waals surface area contributed by atoms with E-state index in [2.05, 4.69) is 5.32 Å². The van der Waals surface area contributed by atoms with E-state index in [0.29, 0.717) is 17.7 Å². The van der Waals surface area contributed by atoms with Crippen molar-refractivity contribution in [3.63, 3.8) is 0 Å². The number of carbonyl (C=O) groups is 3. The molecule has 1 heterocycles. The van der Waals surface area contributed by atoms with Gasteiger partial charge >= 0.3 is 0 Å². The van der Waals surface area contributed by atoms with Crippen LogP contribution in [0.4, 0.5) is 5.69 Å². The first-order chi connectivity index (χ1) is 12.6. The number of fused-ring (bicyclic) bond motifs is 1. The zero-order valence-electron chi connectivity index (χ0n) is 14.5. The molecule has 2 aromatic carbocycles. The molecular weight excluding hydrogens is 348 g/mol. The fourth-order valence-corrected chi connectivity index (χ4v) is 3.75. The van der Waals surface area contributed by atoms with Gasteiger partial charge in [-0.05, 0) is 55.0 Å². The van der Waals surface area contributed by atoms with Gasteiger partial charge in [-0.3, -0.25) is 19.3 Å². The van der Waals surface area contributed by atoms with Crippen molar-refractivity contribution in [1.29, 1.82) is 0 Å². The number of nitrogens with one attached hydrogen (secondary N) is 1. The van der Waals surface area contributed by atoms with Crippen LogP contribution in [-0.2, 0) is 4.79 Å². The number of nitrogens with zero attached hydrogens (tertiary/aromatic N) is 1. The summed E-state index contributed by atoms with van der Waals surface area (Å²) in [7, 11) is 0. The molecule has 3 amide bonds. The Morgan fingerprint density at radius 3 is 2.15 bits per heavy atom. The zero-order valence-corrected chi connectivity index (χ0v) is 15.3. The minimum absolute atomic E-state index is 0.0847. The average Bonchev–Trinajstić information content (AvgIpc) is 2.87. The van der Waals surface area contributed by atoms with Crippen LogP contribution in [0.5, 0.6) is 0 Å². The van der Waals surface area contributed by atoms with Gasteiger partial charge in [-0.15, -0.1) is 11.8 Å². The van der Waals surface area contributed by atoms with Gasteiger partial charge in [0.1, 0.15) is 0 Å². The van der Waals surface area contributed by atoms with Crippen molar-refractivity contribution >= 4 is 35.2 Å². The standard InChI is InChI=1S/C20H20N2O3S/c1-14(23)21-15-8-10-16(11-9-15)26-13-5-4-12-22-19(24)17-6-2-3-7-18(17)20(22)25/h2-3,6-11H,4-5,12-13H2,1H3,(H,21,23). The lowest BCUT2D eigenvalue weighted by Gasteiger charge is -2.13. The van der Waals surface area contributed by atoms with E-state index >= 15 is 0 Å². The third-order valence-corrected chi connectivity index (χ3v) is 5.20. The van der Waals surface area contributed by atoms with E-state index in [-0.39, 0.29) is 17.7 Å². The summed E-state index contributed by atoms with van der Waals surface area (Å²) < 4.78 is 0. The second kappa shape index (κ2) is 8.19. The fourth-order valence-electron chi connectivity index (χ4n) is 2.84. The molecule has 0 aromatic heterocycles. The molecule has 0 aliphatic carbocycles. The summed E-state index contributed by atoms with van der Waals surface area (Å²) in [6.07, 6.45) is 1.69. The van der Waals surface area contributed by atoms with E-state index in [9.17, 15) is 14.4 Å². The highest BCUT2D eigenvalue weighted by atomic mass is 32.2. The first kappa shape index (κ1) is 18.2. The first-order valence-corrected chi connectivity index (χ1v) is 9.50. The number of imide groups is 1. The van der Waals surface area contributed by atoms with Gasteiger partial charge in [-0.1, -0.05) is 12.1 Å². The van der Waals surface area contributed by atoms with Crippen molar-refractivity contribution in [3.05, 3.63) is 59.7 Å². The minimum atomic E-state index is -0.188. The van der Waals surface area contributed by atoms with Gasteiger partial charge in [-0.25, -0.2) is 0 Å². The Balaban J connectivity index is 1.42. The number of anilines is 1. The smallest absolute Gasteiger partial charge is 0.261 e. The van der Waals surface area contributed by atoms with Crippen LogP contribution in [0.15, 0.2) is 53.4 Å². The lowest BCUT2D eigenvalue weighted by Crippen LogP contribution is -2.30. The van der Waals surface area contributed by atoms with E-state index in [1.165, 1.54) is 11.8 Å². The Hall–Kier alpha value is -2.60. The molecule has 0 atom stereocenters. The highest BCUT2D eigenvalue weighted by Gasteiger charge is 2.34. The minimum Gasteiger partial charge on any atom is -0.326 e. The van der Waals surface area contributed by atoms with Crippen LogP contribution in [0.3, 0.4) is 0 Å². The molecule has 3 rings (SSSR count). The molecule has 0 saturated carbocycles. The maximum absolute atomic E-state index is 12.3. The summed E-state index contributed by atoms with van der Waals surface area (Å²) in [4.78, 5) is 38.0. The molecule has 26 heavy (non-hydrogen) atoms. The predicted molar refractivity (Wildman–Crippen MR) is 103 cm³/mol. The molecule has 2 aromatic rings. The number of unbranched alkanes of at least 4 members (excludes halogenated alkanes) is 1. The Labute approximate surface area is 156 Å². The van der Waals surface area contributed by atoms with Gasteiger partial charge < -0.3 is 5.32 Å². The van der Waals surface area contributed by atoms with Gasteiger partial charge in [0.25, 0.3) is 11.8 Å². The molecule has 134 valence electrons. The normalized spacial score (nSPS) is 13.0. The van der Waals surface area contributed by atoms with Crippen LogP contribution in [0, 0.1) is 0 Å². The third-order valence-electron chi connectivity index (χ3n) is 4.10. The van der Waals surface area contributed by atoms with Crippen LogP contribution in [0.2, 0.25) is 0 Å². The highest BCUT2D eigenvalue weighted by Crippen LogP contribution is 2.24. The number of rotatable bonds is 7. The van der Waals surface area contributed by atoms with E-state index in [4.69, 9.17) is 0 Å². The predicted octanol–water partition coefficient (Wildman–Crippen LogP) is 3.81. The monoisotopic (exact) mass is 368 g/mol. The molecular formula is C20H20N2O3S. The Bertz CT molecular complexity index is 798.